The summed E-state index contributed by atoms with van der Waals surface area (Å²) in [6.45, 7) is 0. The molecular formula is C16H16ClFN4O3S. The fraction of sp³-hybridized carbons (Fsp3) is 0.312. The Morgan fingerprint density at radius 2 is 2.04 bits per heavy atom. The van der Waals surface area contributed by atoms with Gasteiger partial charge in [-0.15, -0.1) is 0 Å². The molecule has 2 aromatic rings. The minimum Gasteiger partial charge on any atom is -0.340 e. The topological polar surface area (TPSA) is 92.3 Å². The molecule has 0 spiro atoms. The number of hydrogen-bond acceptors (Lipinski definition) is 6. The van der Waals surface area contributed by atoms with Crippen molar-refractivity contribution in [1.29, 1.82) is 0 Å². The maximum atomic E-state index is 13.1. The second kappa shape index (κ2) is 7.16. The summed E-state index contributed by atoms with van der Waals surface area (Å²) in [5.41, 5.74) is 0.556. The number of nitrogens with zero attached hydrogens (tertiary/aromatic N) is 3. The van der Waals surface area contributed by atoms with Gasteiger partial charge in [-0.25, -0.2) is 22.8 Å². The molecule has 1 atom stereocenters. The Balaban J connectivity index is 1.68. The number of aromatic nitrogens is 2. The molecule has 0 aliphatic carbocycles. The van der Waals surface area contributed by atoms with Crippen LogP contribution in [-0.2, 0) is 9.84 Å². The number of rotatable bonds is 4. The predicted molar refractivity (Wildman–Crippen MR) is 96.9 cm³/mol. The summed E-state index contributed by atoms with van der Waals surface area (Å²) >= 11 is 5.68. The van der Waals surface area contributed by atoms with Crippen LogP contribution in [0.1, 0.15) is 16.8 Å². The molecular weight excluding hydrogens is 383 g/mol. The molecule has 1 saturated heterocycles. The van der Waals surface area contributed by atoms with Gasteiger partial charge in [-0.2, -0.15) is 0 Å². The van der Waals surface area contributed by atoms with Gasteiger partial charge < -0.3 is 10.2 Å². The van der Waals surface area contributed by atoms with Gasteiger partial charge >= 0.3 is 0 Å². The second-order valence-electron chi connectivity index (χ2n) is 6.02. The molecule has 1 aromatic heterocycles. The molecule has 1 aromatic carbocycles. The third-order valence-electron chi connectivity index (χ3n) is 4.15. The molecule has 1 aliphatic heterocycles. The molecule has 2 heterocycles. The highest BCUT2D eigenvalue weighted by Gasteiger charge is 2.31. The van der Waals surface area contributed by atoms with Gasteiger partial charge in [0.15, 0.2) is 9.84 Å². The molecule has 1 amide bonds. The van der Waals surface area contributed by atoms with E-state index in [0.29, 0.717) is 18.1 Å². The molecule has 3 rings (SSSR count). The Morgan fingerprint density at radius 1 is 1.35 bits per heavy atom. The molecule has 0 bridgehead atoms. The van der Waals surface area contributed by atoms with Gasteiger partial charge in [0.2, 0.25) is 5.95 Å². The van der Waals surface area contributed by atoms with Gasteiger partial charge in [-0.05, 0) is 24.6 Å². The van der Waals surface area contributed by atoms with Crippen LogP contribution in [-0.4, -0.2) is 48.9 Å². The zero-order valence-corrected chi connectivity index (χ0v) is 15.4. The van der Waals surface area contributed by atoms with E-state index in [1.807, 2.05) is 0 Å². The summed E-state index contributed by atoms with van der Waals surface area (Å²) in [4.78, 5) is 22.2. The molecule has 138 valence electrons. The summed E-state index contributed by atoms with van der Waals surface area (Å²) in [5.74, 6) is -0.475. The smallest absolute Gasteiger partial charge is 0.258 e. The molecule has 1 aliphatic rings. The van der Waals surface area contributed by atoms with Gasteiger partial charge in [0.25, 0.3) is 5.91 Å². The highest BCUT2D eigenvalue weighted by molar-refractivity contribution is 7.91. The molecule has 1 unspecified atom stereocenters. The highest BCUT2D eigenvalue weighted by atomic mass is 35.5. The van der Waals surface area contributed by atoms with E-state index in [4.69, 9.17) is 11.6 Å². The quantitative estimate of drug-likeness (QED) is 0.848. The van der Waals surface area contributed by atoms with Crippen LogP contribution in [0, 0.1) is 5.82 Å². The molecule has 1 N–H and O–H groups in total. The minimum absolute atomic E-state index is 0.0699. The van der Waals surface area contributed by atoms with Crippen molar-refractivity contribution >= 4 is 39.0 Å². The molecule has 7 nitrogen and oxygen atoms in total. The summed E-state index contributed by atoms with van der Waals surface area (Å²) in [6, 6.07) is 3.67. The van der Waals surface area contributed by atoms with E-state index >= 15 is 0 Å². The zero-order chi connectivity index (χ0) is 18.9. The van der Waals surface area contributed by atoms with Gasteiger partial charge in [0.1, 0.15) is 5.82 Å². The third kappa shape index (κ3) is 4.10. The van der Waals surface area contributed by atoms with Crippen LogP contribution in [0.5, 0.6) is 0 Å². The Kier molecular flexibility index (Phi) is 5.10. The van der Waals surface area contributed by atoms with Crippen molar-refractivity contribution in [1.82, 2.24) is 9.97 Å². The highest BCUT2D eigenvalue weighted by Crippen LogP contribution is 2.21. The molecule has 10 heteroatoms. The first kappa shape index (κ1) is 18.5. The number of carbonyl (C=O) groups excluding carboxylic acids is 1. The monoisotopic (exact) mass is 398 g/mol. The maximum Gasteiger partial charge on any atom is 0.258 e. The maximum absolute atomic E-state index is 13.1. The minimum atomic E-state index is -3.01. The Labute approximate surface area is 155 Å². The molecule has 0 saturated carbocycles. The van der Waals surface area contributed by atoms with Crippen molar-refractivity contribution in [3.05, 3.63) is 47.0 Å². The van der Waals surface area contributed by atoms with Gasteiger partial charge in [-0.1, -0.05) is 11.6 Å². The van der Waals surface area contributed by atoms with Crippen molar-refractivity contribution in [3.8, 4) is 0 Å². The van der Waals surface area contributed by atoms with Crippen LogP contribution in [0.3, 0.4) is 0 Å². The zero-order valence-electron chi connectivity index (χ0n) is 13.8. The normalized spacial score (nSPS) is 18.5. The first-order valence-corrected chi connectivity index (χ1v) is 9.97. The number of anilines is 2. The van der Waals surface area contributed by atoms with Crippen LogP contribution in [0.4, 0.5) is 16.0 Å². The first-order chi connectivity index (χ1) is 12.2. The van der Waals surface area contributed by atoms with E-state index in [1.165, 1.54) is 24.5 Å². The fourth-order valence-electron chi connectivity index (χ4n) is 2.64. The van der Waals surface area contributed by atoms with E-state index in [1.54, 1.807) is 11.9 Å². The lowest BCUT2D eigenvalue weighted by Gasteiger charge is -2.23. The summed E-state index contributed by atoms with van der Waals surface area (Å²) in [5, 5.41) is 2.48. The van der Waals surface area contributed by atoms with Crippen molar-refractivity contribution in [2.24, 2.45) is 0 Å². The summed E-state index contributed by atoms with van der Waals surface area (Å²) in [6.07, 6.45) is 3.22. The van der Waals surface area contributed by atoms with E-state index in [-0.39, 0.29) is 28.1 Å². The van der Waals surface area contributed by atoms with Crippen molar-refractivity contribution in [2.45, 2.75) is 12.5 Å². The average molecular weight is 399 g/mol. The average Bonchev–Trinajstić information content (AvgIpc) is 2.97. The Hall–Kier alpha value is -2.26. The van der Waals surface area contributed by atoms with Crippen LogP contribution >= 0.6 is 11.6 Å². The lowest BCUT2D eigenvalue weighted by Crippen LogP contribution is -2.34. The summed E-state index contributed by atoms with van der Waals surface area (Å²) < 4.78 is 36.3. The lowest BCUT2D eigenvalue weighted by molar-refractivity contribution is 0.102. The second-order valence-corrected chi connectivity index (χ2v) is 8.66. The number of carbonyl (C=O) groups is 1. The van der Waals surface area contributed by atoms with E-state index < -0.39 is 21.6 Å². The fourth-order valence-corrected chi connectivity index (χ4v) is 4.60. The lowest BCUT2D eigenvalue weighted by atomic mass is 10.2. The number of benzene rings is 1. The number of halogens is 2. The SMILES string of the molecule is CN(c1ncc(C(=O)Nc2ccc(F)c(Cl)c2)cn1)C1CCS(=O)(=O)C1. The van der Waals surface area contributed by atoms with E-state index in [0.717, 1.165) is 6.07 Å². The van der Waals surface area contributed by atoms with Gasteiger partial charge in [-0.3, -0.25) is 4.79 Å². The van der Waals surface area contributed by atoms with Crippen molar-refractivity contribution in [3.63, 3.8) is 0 Å². The third-order valence-corrected chi connectivity index (χ3v) is 6.19. The van der Waals surface area contributed by atoms with E-state index in [9.17, 15) is 17.6 Å². The molecule has 26 heavy (non-hydrogen) atoms. The van der Waals surface area contributed by atoms with Crippen LogP contribution in [0.15, 0.2) is 30.6 Å². The van der Waals surface area contributed by atoms with Crippen molar-refractivity contribution in [2.75, 3.05) is 28.8 Å². The van der Waals surface area contributed by atoms with E-state index in [2.05, 4.69) is 15.3 Å². The van der Waals surface area contributed by atoms with Crippen molar-refractivity contribution < 1.29 is 17.6 Å². The number of hydrogen-bond donors (Lipinski definition) is 1. The summed E-state index contributed by atoms with van der Waals surface area (Å²) in [7, 11) is -1.29. The molecule has 1 fully saturated rings. The van der Waals surface area contributed by atoms with Gasteiger partial charge in [0.05, 0.1) is 22.1 Å². The molecule has 0 radical (unpaired) electrons. The number of amides is 1. The van der Waals surface area contributed by atoms with Crippen LogP contribution in [0.2, 0.25) is 5.02 Å². The number of nitrogens with one attached hydrogen (secondary N) is 1. The number of sulfone groups is 1. The standard InChI is InChI=1S/C16H16ClFN4O3S/c1-22(12-4-5-26(24,25)9-12)16-19-7-10(8-20-16)15(23)21-11-2-3-14(18)13(17)6-11/h2-3,6-8,12H,4-5,9H2,1H3,(H,21,23). The van der Waals surface area contributed by atoms with Gasteiger partial charge in [0, 0.05) is 31.2 Å². The Morgan fingerprint density at radius 3 is 2.62 bits per heavy atom. The van der Waals surface area contributed by atoms with Crippen LogP contribution in [0.25, 0.3) is 0 Å². The largest absolute Gasteiger partial charge is 0.340 e. The predicted octanol–water partition coefficient (Wildman–Crippen LogP) is 2.14. The first-order valence-electron chi connectivity index (χ1n) is 7.77. The van der Waals surface area contributed by atoms with Crippen LogP contribution < -0.4 is 10.2 Å². The Bertz CT molecular complexity index is 937.